The zero-order valence-electron chi connectivity index (χ0n) is 41.9. The van der Waals surface area contributed by atoms with E-state index in [9.17, 15) is 19.5 Å². The molecule has 8 heteroatoms. The van der Waals surface area contributed by atoms with Crippen LogP contribution in [-0.2, 0) is 28.6 Å². The Bertz CT molecular complexity index is 1270. The summed E-state index contributed by atoms with van der Waals surface area (Å²) < 4.78 is 17.2. The highest BCUT2D eigenvalue weighted by atomic mass is 16.6. The van der Waals surface area contributed by atoms with Crippen LogP contribution in [0.4, 0.5) is 0 Å². The SMILES string of the molecule is CC/C=C/C/C=C/C/C=C/CCCCCCCCCCCCCCCC(=O)OC(COCCC(C(=O)[O-])[N+](C)(C)C)COC(=O)CCC/C=C/C/C=C/C/C=C/CCCCCCCC. The summed E-state index contributed by atoms with van der Waals surface area (Å²) in [7, 11) is 5.40. The lowest BCUT2D eigenvalue weighted by molar-refractivity contribution is -0.889. The number of hydrogen-bond donors (Lipinski definition) is 0. The fraction of sp³-hybridized carbons (Fsp3) is 0.732. The van der Waals surface area contributed by atoms with Gasteiger partial charge in [0.1, 0.15) is 12.6 Å². The molecule has 0 spiro atoms. The molecule has 0 aliphatic heterocycles. The van der Waals surface area contributed by atoms with E-state index >= 15 is 0 Å². The van der Waals surface area contributed by atoms with Gasteiger partial charge < -0.3 is 28.6 Å². The Kier molecular flexibility index (Phi) is 44.0. The highest BCUT2D eigenvalue weighted by molar-refractivity contribution is 5.70. The van der Waals surface area contributed by atoms with Gasteiger partial charge in [0.25, 0.3) is 0 Å². The van der Waals surface area contributed by atoms with Gasteiger partial charge in [-0.2, -0.15) is 0 Å². The second-order valence-corrected chi connectivity index (χ2v) is 18.4. The number of hydrogen-bond acceptors (Lipinski definition) is 7. The molecular weight excluding hydrogens is 799 g/mol. The number of allylic oxidation sites excluding steroid dienone is 12. The Morgan fingerprint density at radius 1 is 0.484 bits per heavy atom. The van der Waals surface area contributed by atoms with Gasteiger partial charge in [-0.05, 0) is 77.0 Å². The van der Waals surface area contributed by atoms with E-state index in [2.05, 4.69) is 86.8 Å². The summed E-state index contributed by atoms with van der Waals surface area (Å²) in [6, 6.07) is -0.736. The molecule has 0 fully saturated rings. The lowest BCUT2D eigenvalue weighted by atomic mass is 10.0. The van der Waals surface area contributed by atoms with Crippen LogP contribution >= 0.6 is 0 Å². The molecule has 0 aromatic heterocycles. The Morgan fingerprint density at radius 2 is 0.891 bits per heavy atom. The Hall–Kier alpha value is -3.23. The minimum Gasteiger partial charge on any atom is -0.544 e. The van der Waals surface area contributed by atoms with E-state index in [1.54, 1.807) is 21.1 Å². The first-order valence-electron chi connectivity index (χ1n) is 26.0. The molecule has 0 aliphatic carbocycles. The molecule has 2 atom stereocenters. The van der Waals surface area contributed by atoms with Crippen LogP contribution in [0, 0.1) is 0 Å². The molecule has 0 saturated heterocycles. The highest BCUT2D eigenvalue weighted by Gasteiger charge is 2.25. The van der Waals surface area contributed by atoms with Gasteiger partial charge in [0, 0.05) is 19.3 Å². The molecule has 0 saturated carbocycles. The number of quaternary nitrogens is 1. The standard InChI is InChI=1S/C56H97NO7/c1-6-8-10-12-14-16-18-20-22-24-25-26-27-28-29-31-33-35-37-39-41-43-45-47-55(59)64-52(50-62-49-48-53(56(60)61)57(3,4)5)51-63-54(58)46-44-42-40-38-36-34-32-30-23-21-19-17-15-13-11-9-7-2/h8,10,14,16,20-23,32,34,38,40,52-53H,6-7,9,11-13,15,17-19,24-31,33,35-37,39,41-51H2,1-5H3/b10-8+,16-14+,22-20+,23-21+,34-32+,40-38+. The second-order valence-electron chi connectivity index (χ2n) is 18.4. The molecule has 0 radical (unpaired) electrons. The van der Waals surface area contributed by atoms with E-state index in [0.717, 1.165) is 57.8 Å². The van der Waals surface area contributed by atoms with E-state index in [1.807, 2.05) is 0 Å². The van der Waals surface area contributed by atoms with Crippen molar-refractivity contribution >= 4 is 17.9 Å². The number of carboxylic acid groups (broad SMARTS) is 1. The number of carbonyl (C=O) groups excluding carboxylic acids is 3. The topological polar surface area (TPSA) is 102 Å². The van der Waals surface area contributed by atoms with Gasteiger partial charge in [0.2, 0.25) is 0 Å². The third-order valence-electron chi connectivity index (χ3n) is 11.3. The summed E-state index contributed by atoms with van der Waals surface area (Å²) in [6.45, 7) is 4.50. The minimum atomic E-state index is -1.13. The number of carboxylic acids is 1. The average Bonchev–Trinajstić information content (AvgIpc) is 3.26. The van der Waals surface area contributed by atoms with Gasteiger partial charge in [0.15, 0.2) is 6.10 Å². The number of nitrogens with zero attached hydrogens (tertiary/aromatic N) is 1. The van der Waals surface area contributed by atoms with Crippen molar-refractivity contribution in [3.63, 3.8) is 0 Å². The van der Waals surface area contributed by atoms with Crippen molar-refractivity contribution in [2.24, 2.45) is 0 Å². The summed E-state index contributed by atoms with van der Waals surface area (Å²) in [5, 5.41) is 11.7. The maximum Gasteiger partial charge on any atom is 0.306 e. The normalized spacial score (nSPS) is 13.5. The zero-order valence-corrected chi connectivity index (χ0v) is 41.9. The summed E-state index contributed by atoms with van der Waals surface area (Å²) in [6.07, 6.45) is 59.4. The number of carbonyl (C=O) groups is 3. The smallest absolute Gasteiger partial charge is 0.306 e. The lowest BCUT2D eigenvalue weighted by Gasteiger charge is -2.34. The second kappa shape index (κ2) is 46.3. The Labute approximate surface area is 393 Å². The van der Waals surface area contributed by atoms with Crippen molar-refractivity contribution in [1.82, 2.24) is 0 Å². The molecular formula is C56H97NO7. The molecule has 0 aromatic rings. The van der Waals surface area contributed by atoms with Crippen LogP contribution in [0.25, 0.3) is 0 Å². The largest absolute Gasteiger partial charge is 0.544 e. The van der Waals surface area contributed by atoms with E-state index < -0.39 is 18.1 Å². The number of esters is 2. The maximum atomic E-state index is 12.8. The molecule has 0 amide bonds. The number of likely N-dealkylation sites (N-methyl/N-ethyl adjacent to an activating group) is 1. The van der Waals surface area contributed by atoms with Gasteiger partial charge in [-0.25, -0.2) is 0 Å². The van der Waals surface area contributed by atoms with Crippen LogP contribution in [0.5, 0.6) is 0 Å². The first-order valence-corrected chi connectivity index (χ1v) is 26.0. The molecule has 8 nitrogen and oxygen atoms in total. The number of ether oxygens (including phenoxy) is 3. The summed E-state index contributed by atoms with van der Waals surface area (Å²) in [5.74, 6) is -1.80. The van der Waals surface area contributed by atoms with Crippen LogP contribution in [0.15, 0.2) is 72.9 Å². The number of aliphatic carboxylic acids is 1. The van der Waals surface area contributed by atoms with Crippen molar-refractivity contribution in [2.45, 2.75) is 225 Å². The molecule has 2 unspecified atom stereocenters. The third-order valence-corrected chi connectivity index (χ3v) is 11.3. The van der Waals surface area contributed by atoms with Crippen LogP contribution < -0.4 is 5.11 Å². The van der Waals surface area contributed by atoms with Crippen LogP contribution in [-0.4, -0.2) is 75.5 Å². The average molecular weight is 896 g/mol. The van der Waals surface area contributed by atoms with E-state index in [1.165, 1.54) is 116 Å². The van der Waals surface area contributed by atoms with Gasteiger partial charge in [0.05, 0.1) is 40.3 Å². The van der Waals surface area contributed by atoms with Crippen LogP contribution in [0.3, 0.4) is 0 Å². The first-order chi connectivity index (χ1) is 31.1. The molecule has 0 rings (SSSR count). The van der Waals surface area contributed by atoms with Crippen LogP contribution in [0.1, 0.15) is 213 Å². The zero-order chi connectivity index (χ0) is 47.0. The highest BCUT2D eigenvalue weighted by Crippen LogP contribution is 2.15. The predicted molar refractivity (Wildman–Crippen MR) is 268 cm³/mol. The monoisotopic (exact) mass is 896 g/mol. The van der Waals surface area contributed by atoms with E-state index in [0.29, 0.717) is 12.8 Å². The summed E-state index contributed by atoms with van der Waals surface area (Å²) in [4.78, 5) is 37.0. The van der Waals surface area contributed by atoms with Crippen molar-refractivity contribution < 1.29 is 38.2 Å². The maximum absolute atomic E-state index is 12.8. The van der Waals surface area contributed by atoms with Gasteiger partial charge in [-0.15, -0.1) is 0 Å². The van der Waals surface area contributed by atoms with Crippen LogP contribution in [0.2, 0.25) is 0 Å². The van der Waals surface area contributed by atoms with E-state index in [4.69, 9.17) is 14.2 Å². The van der Waals surface area contributed by atoms with Crippen molar-refractivity contribution in [1.29, 1.82) is 0 Å². The molecule has 0 aromatic carbocycles. The molecule has 0 heterocycles. The van der Waals surface area contributed by atoms with Crippen molar-refractivity contribution in [2.75, 3.05) is 41.0 Å². The minimum absolute atomic E-state index is 0.0227. The van der Waals surface area contributed by atoms with Crippen molar-refractivity contribution in [3.8, 4) is 0 Å². The summed E-state index contributed by atoms with van der Waals surface area (Å²) >= 11 is 0. The molecule has 0 bridgehead atoms. The summed E-state index contributed by atoms with van der Waals surface area (Å²) in [5.41, 5.74) is 0. The van der Waals surface area contributed by atoms with Gasteiger partial charge in [-0.1, -0.05) is 189 Å². The van der Waals surface area contributed by atoms with Crippen molar-refractivity contribution in [3.05, 3.63) is 72.9 Å². The molecule has 368 valence electrons. The quantitative estimate of drug-likeness (QED) is 0.0259. The third kappa shape index (κ3) is 44.0. The first kappa shape index (κ1) is 60.8. The molecule has 0 aliphatic rings. The fourth-order valence-corrected chi connectivity index (χ4v) is 7.34. The van der Waals surface area contributed by atoms with Gasteiger partial charge in [-0.3, -0.25) is 9.59 Å². The predicted octanol–water partition coefficient (Wildman–Crippen LogP) is 13.8. The fourth-order valence-electron chi connectivity index (χ4n) is 7.34. The number of unbranched alkanes of at least 4 members (excludes halogenated alkanes) is 20. The Balaban J connectivity index is 4.28. The lowest BCUT2D eigenvalue weighted by Crippen LogP contribution is -2.55. The van der Waals surface area contributed by atoms with Gasteiger partial charge >= 0.3 is 11.9 Å². The van der Waals surface area contributed by atoms with E-state index in [-0.39, 0.29) is 49.1 Å². The molecule has 0 N–H and O–H groups in total. The number of rotatable bonds is 46. The Morgan fingerprint density at radius 3 is 1.34 bits per heavy atom. The molecule has 64 heavy (non-hydrogen) atoms.